The average molecular weight is 234 g/mol. The number of nitrogens with one attached hydrogen (secondary N) is 1. The van der Waals surface area contributed by atoms with E-state index in [9.17, 15) is 0 Å². The van der Waals surface area contributed by atoms with E-state index in [2.05, 4.69) is 15.4 Å². The number of hydrogen-bond donors (Lipinski definition) is 2. The molecule has 1 aliphatic rings. The second-order valence-electron chi connectivity index (χ2n) is 4.15. The average Bonchev–Trinajstić information content (AvgIpc) is 2.65. The Hall–Kier alpha value is -1.20. The van der Waals surface area contributed by atoms with E-state index in [1.807, 2.05) is 6.92 Å². The number of hydrogen-bond acceptors (Lipinski definition) is 5. The summed E-state index contributed by atoms with van der Waals surface area (Å²) < 4.78 is 0. The third kappa shape index (κ3) is 1.39. The second-order valence-corrected chi connectivity index (χ2v) is 5.24. The highest BCUT2D eigenvalue weighted by Crippen LogP contribution is 2.38. The Balaban J connectivity index is 2.34. The van der Waals surface area contributed by atoms with Gasteiger partial charge in [-0.25, -0.2) is 15.8 Å². The van der Waals surface area contributed by atoms with Crippen molar-refractivity contribution in [3.05, 3.63) is 16.3 Å². The van der Waals surface area contributed by atoms with Crippen LogP contribution in [0.25, 0.3) is 10.2 Å². The van der Waals surface area contributed by atoms with Gasteiger partial charge in [0, 0.05) is 4.88 Å². The van der Waals surface area contributed by atoms with Gasteiger partial charge in [-0.15, -0.1) is 11.3 Å². The molecule has 84 valence electrons. The fourth-order valence-corrected chi connectivity index (χ4v) is 3.68. The first-order chi connectivity index (χ1) is 7.79. The van der Waals surface area contributed by atoms with Crippen molar-refractivity contribution in [2.45, 2.75) is 32.6 Å². The number of rotatable bonds is 1. The molecule has 5 heteroatoms. The van der Waals surface area contributed by atoms with Crippen LogP contribution < -0.4 is 11.3 Å². The maximum absolute atomic E-state index is 5.54. The highest BCUT2D eigenvalue weighted by molar-refractivity contribution is 7.19. The van der Waals surface area contributed by atoms with E-state index in [0.29, 0.717) is 0 Å². The molecule has 0 aliphatic heterocycles. The zero-order valence-corrected chi connectivity index (χ0v) is 10.0. The summed E-state index contributed by atoms with van der Waals surface area (Å²) in [5.41, 5.74) is 4.12. The molecular formula is C11H14N4S. The van der Waals surface area contributed by atoms with Crippen molar-refractivity contribution in [3.8, 4) is 0 Å². The molecule has 4 nitrogen and oxygen atoms in total. The summed E-state index contributed by atoms with van der Waals surface area (Å²) >= 11 is 1.80. The summed E-state index contributed by atoms with van der Waals surface area (Å²) in [5.74, 6) is 7.10. The van der Waals surface area contributed by atoms with Crippen LogP contribution in [-0.2, 0) is 12.8 Å². The van der Waals surface area contributed by atoms with Crippen molar-refractivity contribution >= 4 is 27.4 Å². The Kier molecular flexibility index (Phi) is 2.29. The van der Waals surface area contributed by atoms with Gasteiger partial charge in [-0.2, -0.15) is 0 Å². The molecule has 0 unspecified atom stereocenters. The van der Waals surface area contributed by atoms with Gasteiger partial charge in [0.15, 0.2) is 5.82 Å². The number of aromatic nitrogens is 2. The Morgan fingerprint density at radius 1 is 1.25 bits per heavy atom. The summed E-state index contributed by atoms with van der Waals surface area (Å²) in [5, 5.41) is 1.15. The van der Waals surface area contributed by atoms with Crippen LogP contribution in [0, 0.1) is 6.92 Å². The minimum atomic E-state index is 0.777. The monoisotopic (exact) mass is 234 g/mol. The lowest BCUT2D eigenvalue weighted by Crippen LogP contribution is -2.11. The fraction of sp³-hybridized carbons (Fsp3) is 0.455. The zero-order valence-electron chi connectivity index (χ0n) is 9.21. The van der Waals surface area contributed by atoms with Crippen LogP contribution >= 0.6 is 11.3 Å². The number of thiophene rings is 1. The summed E-state index contributed by atoms with van der Waals surface area (Å²) in [6.45, 7) is 1.90. The van der Waals surface area contributed by atoms with E-state index in [1.165, 1.54) is 29.7 Å². The normalized spacial score (nSPS) is 15.1. The standard InChI is InChI=1S/C11H14N4S/c1-6-13-10(15-12)9-7-4-2-3-5-8(7)16-11(9)14-6/h2-5,12H2,1H3,(H,13,14,15). The van der Waals surface area contributed by atoms with Gasteiger partial charge < -0.3 is 5.43 Å². The molecule has 2 aromatic heterocycles. The summed E-state index contributed by atoms with van der Waals surface area (Å²) in [6, 6.07) is 0. The molecule has 0 amide bonds. The van der Waals surface area contributed by atoms with E-state index in [1.54, 1.807) is 11.3 Å². The Morgan fingerprint density at radius 2 is 2.06 bits per heavy atom. The number of fused-ring (bicyclic) bond motifs is 3. The van der Waals surface area contributed by atoms with Gasteiger partial charge in [0.1, 0.15) is 10.7 Å². The van der Waals surface area contributed by atoms with E-state index >= 15 is 0 Å². The van der Waals surface area contributed by atoms with Crippen molar-refractivity contribution in [2.75, 3.05) is 5.43 Å². The Bertz CT molecular complexity index is 546. The Labute approximate surface area is 97.9 Å². The van der Waals surface area contributed by atoms with Crippen LogP contribution in [0.15, 0.2) is 0 Å². The number of nitrogens with two attached hydrogens (primary N) is 1. The van der Waals surface area contributed by atoms with E-state index < -0.39 is 0 Å². The minimum absolute atomic E-state index is 0.777. The lowest BCUT2D eigenvalue weighted by atomic mass is 9.97. The van der Waals surface area contributed by atoms with Gasteiger partial charge >= 0.3 is 0 Å². The van der Waals surface area contributed by atoms with Crippen molar-refractivity contribution in [3.63, 3.8) is 0 Å². The topological polar surface area (TPSA) is 63.8 Å². The van der Waals surface area contributed by atoms with E-state index in [0.717, 1.165) is 28.3 Å². The molecule has 16 heavy (non-hydrogen) atoms. The molecule has 0 aromatic carbocycles. The second kappa shape index (κ2) is 3.68. The highest BCUT2D eigenvalue weighted by Gasteiger charge is 2.19. The maximum Gasteiger partial charge on any atom is 0.152 e. The minimum Gasteiger partial charge on any atom is -0.308 e. The Morgan fingerprint density at radius 3 is 2.88 bits per heavy atom. The van der Waals surface area contributed by atoms with Gasteiger partial charge in [0.05, 0.1) is 5.39 Å². The number of hydrazine groups is 1. The van der Waals surface area contributed by atoms with Gasteiger partial charge in [0.25, 0.3) is 0 Å². The van der Waals surface area contributed by atoms with Crippen LogP contribution in [0.2, 0.25) is 0 Å². The molecule has 0 bridgehead atoms. The van der Waals surface area contributed by atoms with E-state index in [4.69, 9.17) is 5.84 Å². The number of nitrogens with zero attached hydrogens (tertiary/aromatic N) is 2. The SMILES string of the molecule is Cc1nc(NN)c2c3c(sc2n1)CCCC3. The van der Waals surface area contributed by atoms with Crippen molar-refractivity contribution < 1.29 is 0 Å². The molecule has 3 N–H and O–H groups in total. The van der Waals surface area contributed by atoms with Crippen LogP contribution in [0.4, 0.5) is 5.82 Å². The first-order valence-electron chi connectivity index (χ1n) is 5.55. The van der Waals surface area contributed by atoms with Gasteiger partial charge in [-0.05, 0) is 38.2 Å². The van der Waals surface area contributed by atoms with Crippen LogP contribution in [0.3, 0.4) is 0 Å². The van der Waals surface area contributed by atoms with Crippen molar-refractivity contribution in [2.24, 2.45) is 5.84 Å². The molecule has 1 aliphatic carbocycles. The summed E-state index contributed by atoms with van der Waals surface area (Å²) in [7, 11) is 0. The van der Waals surface area contributed by atoms with Crippen molar-refractivity contribution in [1.29, 1.82) is 0 Å². The summed E-state index contributed by atoms with van der Waals surface area (Å²) in [4.78, 5) is 11.4. The first kappa shape index (κ1) is 9.99. The zero-order chi connectivity index (χ0) is 11.1. The number of nitrogen functional groups attached to an aromatic ring is 1. The predicted molar refractivity (Wildman–Crippen MR) is 66.6 cm³/mol. The highest BCUT2D eigenvalue weighted by atomic mass is 32.1. The molecule has 0 radical (unpaired) electrons. The maximum atomic E-state index is 5.54. The third-order valence-electron chi connectivity index (χ3n) is 3.06. The molecule has 0 saturated carbocycles. The van der Waals surface area contributed by atoms with Gasteiger partial charge in [-0.3, -0.25) is 0 Å². The molecular weight excluding hydrogens is 220 g/mol. The number of aryl methyl sites for hydroxylation is 3. The molecule has 0 spiro atoms. The summed E-state index contributed by atoms with van der Waals surface area (Å²) in [6.07, 6.45) is 4.87. The van der Waals surface area contributed by atoms with Crippen LogP contribution in [-0.4, -0.2) is 9.97 Å². The molecule has 3 rings (SSSR count). The molecule has 0 atom stereocenters. The quantitative estimate of drug-likeness (QED) is 0.586. The fourth-order valence-electron chi connectivity index (χ4n) is 2.37. The molecule has 2 heterocycles. The molecule has 0 saturated heterocycles. The lowest BCUT2D eigenvalue weighted by molar-refractivity contribution is 0.700. The van der Waals surface area contributed by atoms with Crippen molar-refractivity contribution in [1.82, 2.24) is 9.97 Å². The smallest absolute Gasteiger partial charge is 0.152 e. The van der Waals surface area contributed by atoms with Crippen LogP contribution in [0.1, 0.15) is 29.1 Å². The first-order valence-corrected chi connectivity index (χ1v) is 6.36. The van der Waals surface area contributed by atoms with Gasteiger partial charge in [-0.1, -0.05) is 0 Å². The van der Waals surface area contributed by atoms with Gasteiger partial charge in [0.2, 0.25) is 0 Å². The largest absolute Gasteiger partial charge is 0.308 e. The predicted octanol–water partition coefficient (Wildman–Crippen LogP) is 2.16. The van der Waals surface area contributed by atoms with E-state index in [-0.39, 0.29) is 0 Å². The van der Waals surface area contributed by atoms with Crippen LogP contribution in [0.5, 0.6) is 0 Å². The molecule has 0 fully saturated rings. The number of anilines is 1. The molecule has 2 aromatic rings. The third-order valence-corrected chi connectivity index (χ3v) is 4.25. The lowest BCUT2D eigenvalue weighted by Gasteiger charge is -2.11.